The van der Waals surface area contributed by atoms with Crippen LogP contribution in [0.2, 0.25) is 10.0 Å². The predicted octanol–water partition coefficient (Wildman–Crippen LogP) is 4.60. The minimum atomic E-state index is -0.471. The molecule has 126 valence electrons. The molecule has 0 fully saturated rings. The number of amides is 1. The molecule has 0 saturated heterocycles. The Morgan fingerprint density at radius 2 is 2.12 bits per heavy atom. The third kappa shape index (κ3) is 5.51. The average Bonchev–Trinajstić information content (AvgIpc) is 2.51. The summed E-state index contributed by atoms with van der Waals surface area (Å²) in [6.07, 6.45) is 1.34. The number of carbonyl (C=O) groups excluding carboxylic acids is 1. The number of phenolic OH excluding ortho intramolecular Hbond substituents is 1. The zero-order chi connectivity index (χ0) is 17.7. The SMILES string of the molecule is O=C(COc1ccc(Cl)cc1Cl)NN=Cc1cc(Br)cc(I)c1O. The highest BCUT2D eigenvalue weighted by molar-refractivity contribution is 14.1. The lowest BCUT2D eigenvalue weighted by atomic mass is 10.2. The van der Waals surface area contributed by atoms with Crippen molar-refractivity contribution in [3.05, 3.63) is 54.0 Å². The molecule has 2 rings (SSSR count). The van der Waals surface area contributed by atoms with Gasteiger partial charge in [0.2, 0.25) is 0 Å². The molecule has 2 aromatic rings. The molecule has 24 heavy (non-hydrogen) atoms. The van der Waals surface area contributed by atoms with E-state index in [0.29, 0.717) is 24.9 Å². The zero-order valence-electron chi connectivity index (χ0n) is 11.9. The van der Waals surface area contributed by atoms with Crippen LogP contribution in [0.25, 0.3) is 0 Å². The van der Waals surface area contributed by atoms with E-state index in [4.69, 9.17) is 27.9 Å². The van der Waals surface area contributed by atoms with Gasteiger partial charge in [-0.2, -0.15) is 5.10 Å². The molecule has 0 aliphatic heterocycles. The second-order valence-electron chi connectivity index (χ2n) is 4.48. The Morgan fingerprint density at radius 1 is 1.38 bits per heavy atom. The van der Waals surface area contributed by atoms with Gasteiger partial charge in [-0.05, 0) is 52.9 Å². The van der Waals surface area contributed by atoms with Crippen molar-refractivity contribution < 1.29 is 14.6 Å². The summed E-state index contributed by atoms with van der Waals surface area (Å²) in [6, 6.07) is 8.14. The van der Waals surface area contributed by atoms with Gasteiger partial charge in [0.1, 0.15) is 11.5 Å². The van der Waals surface area contributed by atoms with Crippen LogP contribution < -0.4 is 10.2 Å². The number of aromatic hydroxyl groups is 1. The molecule has 0 aliphatic rings. The van der Waals surface area contributed by atoms with Crippen LogP contribution in [0, 0.1) is 3.57 Å². The predicted molar refractivity (Wildman–Crippen MR) is 106 cm³/mol. The highest BCUT2D eigenvalue weighted by Crippen LogP contribution is 2.28. The fourth-order valence-corrected chi connectivity index (χ4v) is 3.64. The van der Waals surface area contributed by atoms with Crippen molar-refractivity contribution in [2.75, 3.05) is 6.61 Å². The number of carbonyl (C=O) groups is 1. The van der Waals surface area contributed by atoms with Crippen LogP contribution in [0.4, 0.5) is 0 Å². The van der Waals surface area contributed by atoms with E-state index < -0.39 is 5.91 Å². The summed E-state index contributed by atoms with van der Waals surface area (Å²) in [4.78, 5) is 11.7. The molecule has 0 heterocycles. The first-order chi connectivity index (χ1) is 11.4. The van der Waals surface area contributed by atoms with E-state index in [1.807, 2.05) is 22.6 Å². The van der Waals surface area contributed by atoms with Crippen molar-refractivity contribution in [2.45, 2.75) is 0 Å². The van der Waals surface area contributed by atoms with Gasteiger partial charge >= 0.3 is 0 Å². The summed E-state index contributed by atoms with van der Waals surface area (Å²) in [5, 5.41) is 14.5. The summed E-state index contributed by atoms with van der Waals surface area (Å²) in [6.45, 7) is -0.263. The minimum Gasteiger partial charge on any atom is -0.506 e. The smallest absolute Gasteiger partial charge is 0.277 e. The molecular weight excluding hydrogens is 534 g/mol. The number of nitrogens with one attached hydrogen (secondary N) is 1. The van der Waals surface area contributed by atoms with Crippen molar-refractivity contribution in [3.63, 3.8) is 0 Å². The quantitative estimate of drug-likeness (QED) is 0.329. The molecule has 9 heteroatoms. The van der Waals surface area contributed by atoms with Crippen molar-refractivity contribution in [1.82, 2.24) is 5.43 Å². The molecule has 0 bridgehead atoms. The largest absolute Gasteiger partial charge is 0.506 e. The lowest BCUT2D eigenvalue weighted by Gasteiger charge is -2.07. The van der Waals surface area contributed by atoms with E-state index in [2.05, 4.69) is 26.5 Å². The van der Waals surface area contributed by atoms with E-state index in [1.165, 1.54) is 12.3 Å². The number of halogens is 4. The molecule has 2 N–H and O–H groups in total. The Labute approximate surface area is 170 Å². The maximum atomic E-state index is 11.7. The second kappa shape index (κ2) is 8.89. The fourth-order valence-electron chi connectivity index (χ4n) is 1.63. The van der Waals surface area contributed by atoms with Crippen molar-refractivity contribution in [3.8, 4) is 11.5 Å². The van der Waals surface area contributed by atoms with E-state index in [0.717, 1.165) is 4.47 Å². The highest BCUT2D eigenvalue weighted by atomic mass is 127. The van der Waals surface area contributed by atoms with Crippen LogP contribution in [-0.2, 0) is 4.79 Å². The van der Waals surface area contributed by atoms with Crippen molar-refractivity contribution in [2.24, 2.45) is 5.10 Å². The molecule has 0 aliphatic carbocycles. The van der Waals surface area contributed by atoms with Crippen LogP contribution >= 0.6 is 61.7 Å². The van der Waals surface area contributed by atoms with Gasteiger partial charge in [-0.1, -0.05) is 39.1 Å². The number of hydrazone groups is 1. The Morgan fingerprint density at radius 3 is 2.83 bits per heavy atom. The molecule has 2 aromatic carbocycles. The first kappa shape index (κ1) is 19.3. The van der Waals surface area contributed by atoms with Crippen molar-refractivity contribution >= 4 is 73.8 Å². The first-order valence-electron chi connectivity index (χ1n) is 6.44. The van der Waals surface area contributed by atoms with Gasteiger partial charge < -0.3 is 9.84 Å². The number of ether oxygens (including phenoxy) is 1. The topological polar surface area (TPSA) is 70.9 Å². The molecule has 0 unspecified atom stereocenters. The number of rotatable bonds is 5. The second-order valence-corrected chi connectivity index (χ2v) is 7.40. The Kier molecular flexibility index (Phi) is 7.15. The van der Waals surface area contributed by atoms with E-state index in [9.17, 15) is 9.90 Å². The molecule has 1 amide bonds. The van der Waals surface area contributed by atoms with Gasteiger partial charge in [0.15, 0.2) is 6.61 Å². The maximum Gasteiger partial charge on any atom is 0.277 e. The number of benzene rings is 2. The number of nitrogens with zero attached hydrogens (tertiary/aromatic N) is 1. The summed E-state index contributed by atoms with van der Waals surface area (Å²) in [5.41, 5.74) is 2.77. The first-order valence-corrected chi connectivity index (χ1v) is 9.07. The van der Waals surface area contributed by atoms with Gasteiger partial charge in [0.25, 0.3) is 5.91 Å². The lowest BCUT2D eigenvalue weighted by Crippen LogP contribution is -2.24. The minimum absolute atomic E-state index is 0.0843. The number of hydrogen-bond acceptors (Lipinski definition) is 4. The Bertz CT molecular complexity index is 803. The summed E-state index contributed by atoms with van der Waals surface area (Å²) < 4.78 is 6.74. The number of phenols is 1. The molecule has 0 saturated carbocycles. The maximum absolute atomic E-state index is 11.7. The molecule has 0 aromatic heterocycles. The zero-order valence-corrected chi connectivity index (χ0v) is 17.1. The summed E-state index contributed by atoms with van der Waals surface area (Å²) >= 11 is 17.0. The fraction of sp³-hybridized carbons (Fsp3) is 0.0667. The van der Waals surface area contributed by atoms with Crippen LogP contribution in [0.1, 0.15) is 5.56 Å². The Hall–Kier alpha value is -1.03. The summed E-state index contributed by atoms with van der Waals surface area (Å²) in [5.74, 6) is -0.0400. The highest BCUT2D eigenvalue weighted by Gasteiger charge is 2.07. The number of hydrogen-bond donors (Lipinski definition) is 2. The third-order valence-corrected chi connectivity index (χ3v) is 4.51. The van der Waals surface area contributed by atoms with Crippen LogP contribution in [0.3, 0.4) is 0 Å². The van der Waals surface area contributed by atoms with Crippen LogP contribution in [0.15, 0.2) is 39.9 Å². The standard InChI is InChI=1S/C15H10BrCl2IN2O3/c16-9-3-8(15(23)12(19)4-9)6-20-21-14(22)7-24-13-2-1-10(17)5-11(13)18/h1-6,23H,7H2,(H,21,22). The molecule has 0 atom stereocenters. The molecule has 5 nitrogen and oxygen atoms in total. The molecule has 0 spiro atoms. The van der Waals surface area contributed by atoms with E-state index in [1.54, 1.807) is 24.3 Å². The normalized spacial score (nSPS) is 10.8. The van der Waals surface area contributed by atoms with Crippen LogP contribution in [-0.4, -0.2) is 23.8 Å². The van der Waals surface area contributed by atoms with E-state index in [-0.39, 0.29) is 12.4 Å². The van der Waals surface area contributed by atoms with Gasteiger partial charge in [0.05, 0.1) is 14.8 Å². The van der Waals surface area contributed by atoms with Gasteiger partial charge in [-0.25, -0.2) is 5.43 Å². The van der Waals surface area contributed by atoms with Gasteiger partial charge in [-0.3, -0.25) is 4.79 Å². The monoisotopic (exact) mass is 542 g/mol. The molecular formula is C15H10BrCl2IN2O3. The van der Waals surface area contributed by atoms with Gasteiger partial charge in [-0.15, -0.1) is 0 Å². The summed E-state index contributed by atoms with van der Waals surface area (Å²) in [7, 11) is 0. The average molecular weight is 544 g/mol. The van der Waals surface area contributed by atoms with Crippen molar-refractivity contribution in [1.29, 1.82) is 0 Å². The lowest BCUT2D eigenvalue weighted by molar-refractivity contribution is -0.123. The third-order valence-electron chi connectivity index (χ3n) is 2.70. The van der Waals surface area contributed by atoms with E-state index >= 15 is 0 Å². The molecule has 0 radical (unpaired) electrons. The van der Waals surface area contributed by atoms with Crippen LogP contribution in [0.5, 0.6) is 11.5 Å². The Balaban J connectivity index is 1.91. The van der Waals surface area contributed by atoms with Gasteiger partial charge in [0, 0.05) is 15.1 Å².